The third kappa shape index (κ3) is 4.49. The van der Waals surface area contributed by atoms with Gasteiger partial charge in [0.05, 0.1) is 24.4 Å². The molecule has 0 aliphatic carbocycles. The second kappa shape index (κ2) is 8.36. The number of esters is 1. The second-order valence-electron chi connectivity index (χ2n) is 5.10. The van der Waals surface area contributed by atoms with Gasteiger partial charge in [-0.25, -0.2) is 4.79 Å². The van der Waals surface area contributed by atoms with E-state index in [0.29, 0.717) is 29.8 Å². The number of nitrogen functional groups attached to an aromatic ring is 1. The first-order valence-electron chi connectivity index (χ1n) is 7.41. The third-order valence-electron chi connectivity index (χ3n) is 3.42. The van der Waals surface area contributed by atoms with Gasteiger partial charge in [-0.1, -0.05) is 41.9 Å². The minimum Gasteiger partial charge on any atom is -0.496 e. The number of carbonyl (C=O) groups excluding carboxylic acids is 2. The Hall–Kier alpha value is -2.53. The number of ether oxygens (including phenoxy) is 2. The summed E-state index contributed by atoms with van der Waals surface area (Å²) in [7, 11) is 1.43. The number of hydrogen-bond donors (Lipinski definition) is 1. The summed E-state index contributed by atoms with van der Waals surface area (Å²) in [6.45, 7) is 0.128. The van der Waals surface area contributed by atoms with Crippen molar-refractivity contribution < 1.29 is 19.1 Å². The summed E-state index contributed by atoms with van der Waals surface area (Å²) < 4.78 is 10.3. The highest BCUT2D eigenvalue weighted by Crippen LogP contribution is 2.29. The molecule has 24 heavy (non-hydrogen) atoms. The first kappa shape index (κ1) is 17.8. The average Bonchev–Trinajstić information content (AvgIpc) is 2.61. The molecule has 5 nitrogen and oxygen atoms in total. The molecule has 0 aliphatic rings. The van der Waals surface area contributed by atoms with Crippen molar-refractivity contribution in [1.29, 1.82) is 0 Å². The van der Waals surface area contributed by atoms with E-state index in [0.717, 1.165) is 0 Å². The molecule has 0 radical (unpaired) electrons. The maximum Gasteiger partial charge on any atom is 0.341 e. The molecule has 0 saturated heterocycles. The molecule has 0 atom stereocenters. The molecular formula is C18H18ClNO4. The molecule has 2 aromatic carbocycles. The van der Waals surface area contributed by atoms with Crippen molar-refractivity contribution in [1.82, 2.24) is 0 Å². The molecule has 2 aromatic rings. The Balaban J connectivity index is 1.88. The van der Waals surface area contributed by atoms with Crippen LogP contribution in [0.25, 0.3) is 0 Å². The number of anilines is 1. The summed E-state index contributed by atoms with van der Waals surface area (Å²) in [5, 5.41) is 0.252. The second-order valence-corrected chi connectivity index (χ2v) is 5.51. The maximum absolute atomic E-state index is 12.1. The van der Waals surface area contributed by atoms with Gasteiger partial charge in [0.2, 0.25) is 0 Å². The van der Waals surface area contributed by atoms with Gasteiger partial charge in [0.15, 0.2) is 5.78 Å². The van der Waals surface area contributed by atoms with Gasteiger partial charge in [0.1, 0.15) is 11.3 Å². The monoisotopic (exact) mass is 347 g/mol. The molecule has 0 aliphatic heterocycles. The average molecular weight is 348 g/mol. The van der Waals surface area contributed by atoms with Gasteiger partial charge in [-0.2, -0.15) is 0 Å². The van der Waals surface area contributed by atoms with Crippen LogP contribution < -0.4 is 10.5 Å². The minimum atomic E-state index is -0.569. The van der Waals surface area contributed by atoms with Crippen molar-refractivity contribution in [2.45, 2.75) is 12.8 Å². The van der Waals surface area contributed by atoms with Crippen molar-refractivity contribution in [3.63, 3.8) is 0 Å². The molecule has 0 heterocycles. The molecule has 2 N–H and O–H groups in total. The highest BCUT2D eigenvalue weighted by atomic mass is 35.5. The summed E-state index contributed by atoms with van der Waals surface area (Å²) in [6.07, 6.45) is 0.738. The number of carbonyl (C=O) groups is 2. The highest BCUT2D eigenvalue weighted by molar-refractivity contribution is 6.33. The predicted octanol–water partition coefficient (Wildman–Crippen LogP) is 3.75. The van der Waals surface area contributed by atoms with Gasteiger partial charge in [0, 0.05) is 18.1 Å². The van der Waals surface area contributed by atoms with Gasteiger partial charge in [0.25, 0.3) is 0 Å². The Kier molecular flexibility index (Phi) is 6.21. The van der Waals surface area contributed by atoms with E-state index in [9.17, 15) is 9.59 Å². The van der Waals surface area contributed by atoms with E-state index < -0.39 is 5.97 Å². The van der Waals surface area contributed by atoms with E-state index in [-0.39, 0.29) is 23.0 Å². The Bertz CT molecular complexity index is 731. The van der Waals surface area contributed by atoms with Crippen LogP contribution in [-0.4, -0.2) is 25.5 Å². The van der Waals surface area contributed by atoms with Gasteiger partial charge in [-0.15, -0.1) is 0 Å². The maximum atomic E-state index is 12.1. The SMILES string of the molecule is COc1cc(N)c(Cl)cc1C(=O)OCCCC(=O)c1ccccc1. The van der Waals surface area contributed by atoms with Crippen LogP contribution in [0.2, 0.25) is 5.02 Å². The molecule has 0 amide bonds. The van der Waals surface area contributed by atoms with E-state index >= 15 is 0 Å². The summed E-state index contributed by atoms with van der Waals surface area (Å²) in [4.78, 5) is 24.1. The van der Waals surface area contributed by atoms with E-state index in [1.54, 1.807) is 12.1 Å². The standard InChI is InChI=1S/C18H18ClNO4/c1-23-17-11-15(20)14(19)10-13(17)18(22)24-9-5-8-16(21)12-6-3-2-4-7-12/h2-4,6-7,10-11H,5,8-9,20H2,1H3. The van der Waals surface area contributed by atoms with E-state index in [4.69, 9.17) is 26.8 Å². The number of Topliss-reactive ketones (excluding diaryl/α,β-unsaturated/α-hetero) is 1. The third-order valence-corrected chi connectivity index (χ3v) is 3.74. The lowest BCUT2D eigenvalue weighted by molar-refractivity contribution is 0.0490. The van der Waals surface area contributed by atoms with Crippen LogP contribution in [0.3, 0.4) is 0 Å². The quantitative estimate of drug-likeness (QED) is 0.357. The molecule has 0 fully saturated rings. The van der Waals surface area contributed by atoms with Crippen molar-refractivity contribution in [2.75, 3.05) is 19.5 Å². The fourth-order valence-corrected chi connectivity index (χ4v) is 2.30. The Morgan fingerprint density at radius 3 is 2.54 bits per heavy atom. The van der Waals surface area contributed by atoms with E-state index in [1.165, 1.54) is 19.2 Å². The number of hydrogen-bond acceptors (Lipinski definition) is 5. The fraction of sp³-hybridized carbons (Fsp3) is 0.222. The number of nitrogens with two attached hydrogens (primary N) is 1. The molecule has 126 valence electrons. The zero-order valence-electron chi connectivity index (χ0n) is 13.3. The van der Waals surface area contributed by atoms with Crippen LogP contribution in [0.4, 0.5) is 5.69 Å². The first-order valence-corrected chi connectivity index (χ1v) is 7.79. The first-order chi connectivity index (χ1) is 11.5. The molecular weight excluding hydrogens is 330 g/mol. The van der Waals surface area contributed by atoms with Crippen molar-refractivity contribution in [3.8, 4) is 5.75 Å². The van der Waals surface area contributed by atoms with Crippen molar-refractivity contribution in [3.05, 3.63) is 58.6 Å². The smallest absolute Gasteiger partial charge is 0.341 e. The lowest BCUT2D eigenvalue weighted by Crippen LogP contribution is -2.10. The van der Waals surface area contributed by atoms with Crippen LogP contribution in [0.5, 0.6) is 5.75 Å². The van der Waals surface area contributed by atoms with Gasteiger partial charge >= 0.3 is 5.97 Å². The van der Waals surface area contributed by atoms with E-state index in [1.807, 2.05) is 18.2 Å². The predicted molar refractivity (Wildman–Crippen MR) is 92.7 cm³/mol. The van der Waals surface area contributed by atoms with Gasteiger partial charge < -0.3 is 15.2 Å². The number of rotatable bonds is 7. The number of halogens is 1. The Morgan fingerprint density at radius 2 is 1.88 bits per heavy atom. The van der Waals surface area contributed by atoms with Crippen LogP contribution in [0.1, 0.15) is 33.6 Å². The molecule has 0 aromatic heterocycles. The fourth-order valence-electron chi connectivity index (χ4n) is 2.14. The number of ketones is 1. The van der Waals surface area contributed by atoms with Crippen LogP contribution in [0.15, 0.2) is 42.5 Å². The van der Waals surface area contributed by atoms with Crippen LogP contribution in [0, 0.1) is 0 Å². The molecule has 0 bridgehead atoms. The van der Waals surface area contributed by atoms with Crippen LogP contribution in [-0.2, 0) is 4.74 Å². The largest absolute Gasteiger partial charge is 0.496 e. The van der Waals surface area contributed by atoms with E-state index in [2.05, 4.69) is 0 Å². The minimum absolute atomic E-state index is 0.0137. The molecule has 0 unspecified atom stereocenters. The Morgan fingerprint density at radius 1 is 1.17 bits per heavy atom. The number of methoxy groups -OCH3 is 1. The van der Waals surface area contributed by atoms with Crippen LogP contribution >= 0.6 is 11.6 Å². The summed E-state index contributed by atoms with van der Waals surface area (Å²) in [5.41, 5.74) is 6.84. The molecule has 6 heteroatoms. The van der Waals surface area contributed by atoms with Gasteiger partial charge in [-0.05, 0) is 12.5 Å². The highest BCUT2D eigenvalue weighted by Gasteiger charge is 2.16. The summed E-state index contributed by atoms with van der Waals surface area (Å²) in [6, 6.07) is 11.9. The zero-order chi connectivity index (χ0) is 17.5. The molecule has 0 spiro atoms. The Labute approximate surface area is 145 Å². The lowest BCUT2D eigenvalue weighted by Gasteiger charge is -2.10. The zero-order valence-corrected chi connectivity index (χ0v) is 14.0. The number of benzene rings is 2. The topological polar surface area (TPSA) is 78.6 Å². The van der Waals surface area contributed by atoms with Crippen molar-refractivity contribution >= 4 is 29.0 Å². The summed E-state index contributed by atoms with van der Waals surface area (Å²) in [5.74, 6) is -0.261. The van der Waals surface area contributed by atoms with Gasteiger partial charge in [-0.3, -0.25) is 4.79 Å². The molecule has 2 rings (SSSR count). The normalized spacial score (nSPS) is 10.2. The molecule has 0 saturated carbocycles. The lowest BCUT2D eigenvalue weighted by atomic mass is 10.1. The summed E-state index contributed by atoms with van der Waals surface area (Å²) >= 11 is 5.92. The van der Waals surface area contributed by atoms with Crippen molar-refractivity contribution in [2.24, 2.45) is 0 Å².